The molecule has 0 saturated carbocycles. The van der Waals surface area contributed by atoms with Crippen LogP contribution in [0.3, 0.4) is 0 Å². The second-order valence-corrected chi connectivity index (χ2v) is 7.02. The van der Waals surface area contributed by atoms with Gasteiger partial charge in [0.2, 0.25) is 0 Å². The van der Waals surface area contributed by atoms with E-state index in [1.165, 1.54) is 5.56 Å². The van der Waals surface area contributed by atoms with Gasteiger partial charge in [-0.25, -0.2) is 4.79 Å². The van der Waals surface area contributed by atoms with Crippen molar-refractivity contribution >= 4 is 6.09 Å². The molecule has 0 aromatic heterocycles. The molecule has 0 bridgehead atoms. The average Bonchev–Trinajstić information content (AvgIpc) is 2.34. The topological polar surface area (TPSA) is 50.4 Å². The van der Waals surface area contributed by atoms with Gasteiger partial charge in [-0.05, 0) is 47.1 Å². The molecule has 1 amide bonds. The molecule has 1 aromatic carbocycles. The molecule has 4 heteroatoms. The first kappa shape index (κ1) is 17.5. The number of alkyl carbamates (subject to hydrolysis) is 1. The molecule has 0 heterocycles. The summed E-state index contributed by atoms with van der Waals surface area (Å²) in [5, 5.41) is 6.33. The minimum absolute atomic E-state index is 0.228. The Morgan fingerprint density at radius 3 is 2.24 bits per heavy atom. The fourth-order valence-electron chi connectivity index (χ4n) is 1.89. The number of nitrogens with one attached hydrogen (secondary N) is 2. The minimum Gasteiger partial charge on any atom is -0.444 e. The quantitative estimate of drug-likeness (QED) is 0.871. The van der Waals surface area contributed by atoms with Crippen LogP contribution in [0.15, 0.2) is 30.3 Å². The third kappa shape index (κ3) is 7.14. The first-order chi connectivity index (χ1) is 9.59. The van der Waals surface area contributed by atoms with Crippen molar-refractivity contribution in [2.75, 3.05) is 6.54 Å². The summed E-state index contributed by atoms with van der Waals surface area (Å²) < 4.78 is 5.29. The van der Waals surface area contributed by atoms with Crippen LogP contribution in [0.5, 0.6) is 0 Å². The van der Waals surface area contributed by atoms with Gasteiger partial charge >= 0.3 is 6.09 Å². The summed E-state index contributed by atoms with van der Waals surface area (Å²) >= 11 is 0. The van der Waals surface area contributed by atoms with Gasteiger partial charge in [-0.15, -0.1) is 0 Å². The van der Waals surface area contributed by atoms with Gasteiger partial charge in [0, 0.05) is 12.6 Å². The Kier molecular flexibility index (Phi) is 5.78. The Morgan fingerprint density at radius 1 is 1.14 bits per heavy atom. The first-order valence-electron chi connectivity index (χ1n) is 7.38. The highest BCUT2D eigenvalue weighted by molar-refractivity contribution is 5.68. The first-order valence-corrected chi connectivity index (χ1v) is 7.38. The lowest BCUT2D eigenvalue weighted by molar-refractivity contribution is 0.0471. The van der Waals surface area contributed by atoms with E-state index in [9.17, 15) is 4.79 Å². The number of hydrogen-bond donors (Lipinski definition) is 2. The minimum atomic E-state index is -0.481. The predicted octanol–water partition coefficient (Wildman–Crippen LogP) is 3.64. The van der Waals surface area contributed by atoms with Gasteiger partial charge in [0.1, 0.15) is 5.60 Å². The second kappa shape index (κ2) is 6.94. The molecule has 1 atom stereocenters. The largest absolute Gasteiger partial charge is 0.444 e. The third-order valence-electron chi connectivity index (χ3n) is 2.99. The molecule has 118 valence electrons. The SMILES string of the molecule is CC(NCC(C)(C)NC(=O)OC(C)(C)C)c1ccccc1. The monoisotopic (exact) mass is 292 g/mol. The lowest BCUT2D eigenvalue weighted by Crippen LogP contribution is -2.51. The molecule has 0 aliphatic carbocycles. The van der Waals surface area contributed by atoms with Crippen LogP contribution < -0.4 is 10.6 Å². The molecule has 21 heavy (non-hydrogen) atoms. The number of rotatable bonds is 5. The van der Waals surface area contributed by atoms with Crippen molar-refractivity contribution in [3.05, 3.63) is 35.9 Å². The number of ether oxygens (including phenoxy) is 1. The van der Waals surface area contributed by atoms with Gasteiger partial charge in [-0.2, -0.15) is 0 Å². The van der Waals surface area contributed by atoms with E-state index in [4.69, 9.17) is 4.74 Å². The van der Waals surface area contributed by atoms with Crippen molar-refractivity contribution in [3.8, 4) is 0 Å². The van der Waals surface area contributed by atoms with Crippen LogP contribution in [0, 0.1) is 0 Å². The van der Waals surface area contributed by atoms with Crippen LogP contribution in [0.25, 0.3) is 0 Å². The predicted molar refractivity (Wildman–Crippen MR) is 86.3 cm³/mol. The van der Waals surface area contributed by atoms with Crippen LogP contribution in [0.2, 0.25) is 0 Å². The molecule has 0 spiro atoms. The fraction of sp³-hybridized carbons (Fsp3) is 0.588. The lowest BCUT2D eigenvalue weighted by Gasteiger charge is -2.30. The summed E-state index contributed by atoms with van der Waals surface area (Å²) in [5.41, 5.74) is 0.363. The summed E-state index contributed by atoms with van der Waals surface area (Å²) in [6.07, 6.45) is -0.387. The van der Waals surface area contributed by atoms with E-state index in [-0.39, 0.29) is 17.7 Å². The molecular weight excluding hydrogens is 264 g/mol. The Labute approximate surface area is 128 Å². The summed E-state index contributed by atoms with van der Waals surface area (Å²) in [6, 6.07) is 10.5. The molecule has 0 saturated heterocycles. The standard InChI is InChI=1S/C17H28N2O2/c1-13(14-10-8-7-9-11-14)18-12-17(5,6)19-15(20)21-16(2,3)4/h7-11,13,18H,12H2,1-6H3,(H,19,20). The van der Waals surface area contributed by atoms with Crippen LogP contribution in [0.4, 0.5) is 4.79 Å². The maximum absolute atomic E-state index is 11.8. The zero-order chi connectivity index (χ0) is 16.1. The summed E-state index contributed by atoms with van der Waals surface area (Å²) in [7, 11) is 0. The third-order valence-corrected chi connectivity index (χ3v) is 2.99. The van der Waals surface area contributed by atoms with Gasteiger partial charge in [0.15, 0.2) is 0 Å². The highest BCUT2D eigenvalue weighted by atomic mass is 16.6. The molecule has 0 fully saturated rings. The van der Waals surface area contributed by atoms with Crippen LogP contribution in [-0.2, 0) is 4.74 Å². The number of amides is 1. The van der Waals surface area contributed by atoms with E-state index in [0.717, 1.165) is 0 Å². The second-order valence-electron chi connectivity index (χ2n) is 7.02. The molecule has 1 unspecified atom stereocenters. The summed E-state index contributed by atoms with van der Waals surface area (Å²) in [5.74, 6) is 0. The Balaban J connectivity index is 2.47. The molecule has 1 rings (SSSR count). The summed E-state index contributed by atoms with van der Waals surface area (Å²) in [4.78, 5) is 11.8. The van der Waals surface area contributed by atoms with Crippen LogP contribution >= 0.6 is 0 Å². The lowest BCUT2D eigenvalue weighted by atomic mass is 10.0. The van der Waals surface area contributed by atoms with Gasteiger partial charge in [0.05, 0.1) is 5.54 Å². The molecule has 4 nitrogen and oxygen atoms in total. The number of hydrogen-bond acceptors (Lipinski definition) is 3. The fourth-order valence-corrected chi connectivity index (χ4v) is 1.89. The maximum atomic E-state index is 11.8. The zero-order valence-corrected chi connectivity index (χ0v) is 14.0. The summed E-state index contributed by atoms with van der Waals surface area (Å²) in [6.45, 7) is 12.3. The van der Waals surface area contributed by atoms with E-state index in [2.05, 4.69) is 29.7 Å². The number of carbonyl (C=O) groups excluding carboxylic acids is 1. The van der Waals surface area contributed by atoms with Gasteiger partial charge in [-0.3, -0.25) is 0 Å². The molecular formula is C17H28N2O2. The van der Waals surface area contributed by atoms with E-state index < -0.39 is 5.60 Å². The molecule has 2 N–H and O–H groups in total. The van der Waals surface area contributed by atoms with E-state index >= 15 is 0 Å². The zero-order valence-electron chi connectivity index (χ0n) is 14.0. The molecule has 0 radical (unpaired) electrons. The highest BCUT2D eigenvalue weighted by Crippen LogP contribution is 2.13. The Hall–Kier alpha value is -1.55. The molecule has 1 aromatic rings. The number of carbonyl (C=O) groups is 1. The van der Waals surface area contributed by atoms with Crippen molar-refractivity contribution in [1.29, 1.82) is 0 Å². The van der Waals surface area contributed by atoms with Crippen molar-refractivity contribution in [1.82, 2.24) is 10.6 Å². The highest BCUT2D eigenvalue weighted by Gasteiger charge is 2.24. The van der Waals surface area contributed by atoms with E-state index in [1.807, 2.05) is 52.8 Å². The van der Waals surface area contributed by atoms with Gasteiger partial charge in [-0.1, -0.05) is 30.3 Å². The average molecular weight is 292 g/mol. The van der Waals surface area contributed by atoms with Gasteiger partial charge < -0.3 is 15.4 Å². The smallest absolute Gasteiger partial charge is 0.408 e. The van der Waals surface area contributed by atoms with Crippen molar-refractivity contribution < 1.29 is 9.53 Å². The van der Waals surface area contributed by atoms with Crippen molar-refractivity contribution in [3.63, 3.8) is 0 Å². The van der Waals surface area contributed by atoms with E-state index in [0.29, 0.717) is 6.54 Å². The van der Waals surface area contributed by atoms with Crippen LogP contribution in [-0.4, -0.2) is 23.8 Å². The maximum Gasteiger partial charge on any atom is 0.408 e. The van der Waals surface area contributed by atoms with Gasteiger partial charge in [0.25, 0.3) is 0 Å². The van der Waals surface area contributed by atoms with Crippen molar-refractivity contribution in [2.24, 2.45) is 0 Å². The number of benzene rings is 1. The Morgan fingerprint density at radius 2 is 1.71 bits per heavy atom. The molecule has 0 aliphatic heterocycles. The molecule has 0 aliphatic rings. The van der Waals surface area contributed by atoms with Crippen molar-refractivity contribution in [2.45, 2.75) is 58.7 Å². The van der Waals surface area contributed by atoms with Crippen LogP contribution in [0.1, 0.15) is 53.1 Å². The Bertz CT molecular complexity index is 450. The van der Waals surface area contributed by atoms with E-state index in [1.54, 1.807) is 0 Å². The normalized spacial score (nSPS) is 13.6.